The summed E-state index contributed by atoms with van der Waals surface area (Å²) >= 11 is 0. The highest BCUT2D eigenvalue weighted by atomic mass is 19.4. The van der Waals surface area contributed by atoms with E-state index >= 15 is 0 Å². The number of ether oxygens (including phenoxy) is 1. The van der Waals surface area contributed by atoms with Crippen molar-refractivity contribution in [2.45, 2.75) is 71.4 Å². The molecule has 0 saturated heterocycles. The van der Waals surface area contributed by atoms with Crippen LogP contribution in [0, 0.1) is 0 Å². The lowest BCUT2D eigenvalue weighted by Crippen LogP contribution is -2.17. The van der Waals surface area contributed by atoms with Crippen LogP contribution in [0.25, 0.3) is 0 Å². The number of rotatable bonds is 9. The molecule has 0 heterocycles. The molecule has 0 N–H and O–H groups in total. The lowest BCUT2D eigenvalue weighted by atomic mass is 10.1. The Balaban J connectivity index is 3.89. The Morgan fingerprint density at radius 2 is 1.58 bits per heavy atom. The third-order valence-electron chi connectivity index (χ3n) is 2.67. The van der Waals surface area contributed by atoms with Crippen LogP contribution in [-0.4, -0.2) is 12.1 Å². The van der Waals surface area contributed by atoms with Crippen LogP contribution in [0.3, 0.4) is 0 Å². The van der Waals surface area contributed by atoms with Crippen LogP contribution >= 0.6 is 0 Å². The number of alkyl halides is 3. The number of allylic oxidation sites excluding steroid dienone is 2. The van der Waals surface area contributed by atoms with E-state index in [9.17, 15) is 18.0 Å². The Morgan fingerprint density at radius 1 is 1.05 bits per heavy atom. The maximum atomic E-state index is 12.4. The third kappa shape index (κ3) is 10.6. The van der Waals surface area contributed by atoms with Crippen LogP contribution in [-0.2, 0) is 9.53 Å². The molecule has 0 aromatic rings. The van der Waals surface area contributed by atoms with Crippen molar-refractivity contribution in [3.05, 3.63) is 11.8 Å². The highest BCUT2D eigenvalue weighted by Crippen LogP contribution is 2.27. The normalized spacial score (nSPS) is 12.6. The molecule has 19 heavy (non-hydrogen) atoms. The first-order chi connectivity index (χ1) is 8.88. The van der Waals surface area contributed by atoms with Gasteiger partial charge in [-0.15, -0.1) is 0 Å². The predicted octanol–water partition coefficient (Wildman–Crippen LogP) is 5.14. The molecule has 0 fully saturated rings. The second kappa shape index (κ2) is 9.87. The molecule has 0 saturated carbocycles. The smallest absolute Gasteiger partial charge is 0.422 e. The zero-order chi connectivity index (χ0) is 14.7. The number of hydrogen-bond donors (Lipinski definition) is 0. The number of carbonyl (C=O) groups excluding carboxylic acids is 1. The van der Waals surface area contributed by atoms with Gasteiger partial charge in [0.25, 0.3) is 0 Å². The van der Waals surface area contributed by atoms with Crippen molar-refractivity contribution in [2.24, 2.45) is 0 Å². The summed E-state index contributed by atoms with van der Waals surface area (Å²) in [4.78, 5) is 10.6. The summed E-state index contributed by atoms with van der Waals surface area (Å²) in [6, 6.07) is 0. The van der Waals surface area contributed by atoms with Crippen LogP contribution in [0.15, 0.2) is 11.8 Å². The van der Waals surface area contributed by atoms with Gasteiger partial charge >= 0.3 is 12.1 Å². The standard InChI is InChI=1S/C14H23F3O2/c1-3-4-5-6-7-8-9-10-11-13(14(15,16)17)19-12(2)18/h11H,3-10H2,1-2H3/b13-11-. The van der Waals surface area contributed by atoms with Gasteiger partial charge in [-0.2, -0.15) is 13.2 Å². The largest absolute Gasteiger partial charge is 0.449 e. The molecule has 0 aliphatic rings. The zero-order valence-electron chi connectivity index (χ0n) is 11.7. The number of hydrogen-bond acceptors (Lipinski definition) is 2. The summed E-state index contributed by atoms with van der Waals surface area (Å²) in [5.41, 5.74) is 0. The van der Waals surface area contributed by atoms with E-state index < -0.39 is 17.9 Å². The molecule has 0 rings (SSSR count). The minimum Gasteiger partial charge on any atom is -0.422 e. The van der Waals surface area contributed by atoms with Gasteiger partial charge < -0.3 is 4.74 Å². The van der Waals surface area contributed by atoms with E-state index in [1.54, 1.807) is 0 Å². The van der Waals surface area contributed by atoms with E-state index in [-0.39, 0.29) is 6.42 Å². The summed E-state index contributed by atoms with van der Waals surface area (Å²) in [7, 11) is 0. The predicted molar refractivity (Wildman–Crippen MR) is 68.5 cm³/mol. The Bertz CT molecular complexity index is 283. The van der Waals surface area contributed by atoms with Crippen LogP contribution in [0.2, 0.25) is 0 Å². The Morgan fingerprint density at radius 3 is 2.05 bits per heavy atom. The van der Waals surface area contributed by atoms with Gasteiger partial charge in [0.2, 0.25) is 5.76 Å². The second-order valence-electron chi connectivity index (χ2n) is 4.57. The maximum absolute atomic E-state index is 12.4. The number of carbonyl (C=O) groups is 1. The molecule has 0 amide bonds. The van der Waals surface area contributed by atoms with Gasteiger partial charge in [-0.3, -0.25) is 4.79 Å². The van der Waals surface area contributed by atoms with Gasteiger partial charge in [-0.25, -0.2) is 0 Å². The number of halogens is 3. The summed E-state index contributed by atoms with van der Waals surface area (Å²) < 4.78 is 41.5. The molecular weight excluding hydrogens is 257 g/mol. The average molecular weight is 280 g/mol. The second-order valence-corrected chi connectivity index (χ2v) is 4.57. The van der Waals surface area contributed by atoms with Crippen LogP contribution in [0.4, 0.5) is 13.2 Å². The highest BCUT2D eigenvalue weighted by Gasteiger charge is 2.36. The lowest BCUT2D eigenvalue weighted by molar-refractivity contribution is -0.158. The molecule has 0 aliphatic carbocycles. The van der Waals surface area contributed by atoms with Gasteiger partial charge in [0.15, 0.2) is 0 Å². The maximum Gasteiger partial charge on any atom is 0.449 e. The number of esters is 1. The Labute approximate surface area is 113 Å². The first-order valence-corrected chi connectivity index (χ1v) is 6.83. The first-order valence-electron chi connectivity index (χ1n) is 6.83. The molecule has 0 aromatic heterocycles. The van der Waals surface area contributed by atoms with Crippen molar-refractivity contribution in [1.29, 1.82) is 0 Å². The minimum atomic E-state index is -4.59. The van der Waals surface area contributed by atoms with E-state index in [1.165, 1.54) is 19.3 Å². The van der Waals surface area contributed by atoms with Crippen molar-refractivity contribution in [3.8, 4) is 0 Å². The molecule has 112 valence electrons. The Hall–Kier alpha value is -1.00. The minimum absolute atomic E-state index is 0.288. The number of unbranched alkanes of at least 4 members (excludes halogenated alkanes) is 7. The molecule has 0 aliphatic heterocycles. The summed E-state index contributed by atoms with van der Waals surface area (Å²) in [5, 5.41) is 0. The average Bonchev–Trinajstić information content (AvgIpc) is 2.29. The molecule has 2 nitrogen and oxygen atoms in total. The third-order valence-corrected chi connectivity index (χ3v) is 2.67. The van der Waals surface area contributed by atoms with Crippen LogP contribution in [0.5, 0.6) is 0 Å². The summed E-state index contributed by atoms with van der Waals surface area (Å²) in [6.07, 6.45) is 4.02. The molecule has 0 unspecified atom stereocenters. The fourth-order valence-corrected chi connectivity index (χ4v) is 1.70. The monoisotopic (exact) mass is 280 g/mol. The van der Waals surface area contributed by atoms with Crippen molar-refractivity contribution in [2.75, 3.05) is 0 Å². The quantitative estimate of drug-likeness (QED) is 0.332. The van der Waals surface area contributed by atoms with E-state index in [0.717, 1.165) is 32.3 Å². The van der Waals surface area contributed by atoms with E-state index in [0.29, 0.717) is 6.42 Å². The van der Waals surface area contributed by atoms with Crippen LogP contribution in [0.1, 0.15) is 65.2 Å². The molecular formula is C14H23F3O2. The molecule has 0 spiro atoms. The lowest BCUT2D eigenvalue weighted by Gasteiger charge is -2.10. The summed E-state index contributed by atoms with van der Waals surface area (Å²) in [6.45, 7) is 3.10. The molecule has 0 atom stereocenters. The zero-order valence-corrected chi connectivity index (χ0v) is 11.7. The van der Waals surface area contributed by atoms with Crippen molar-refractivity contribution in [1.82, 2.24) is 0 Å². The van der Waals surface area contributed by atoms with E-state index in [4.69, 9.17) is 0 Å². The Kier molecular flexibility index (Phi) is 9.35. The van der Waals surface area contributed by atoms with E-state index in [1.807, 2.05) is 0 Å². The van der Waals surface area contributed by atoms with Gasteiger partial charge in [-0.05, 0) is 18.9 Å². The molecule has 0 aromatic carbocycles. The van der Waals surface area contributed by atoms with Gasteiger partial charge in [-0.1, -0.05) is 45.4 Å². The van der Waals surface area contributed by atoms with Crippen LogP contribution < -0.4 is 0 Å². The van der Waals surface area contributed by atoms with Crippen molar-refractivity contribution < 1.29 is 22.7 Å². The molecule has 5 heteroatoms. The molecule has 0 radical (unpaired) electrons. The first kappa shape index (κ1) is 18.0. The van der Waals surface area contributed by atoms with Crippen molar-refractivity contribution in [3.63, 3.8) is 0 Å². The highest BCUT2D eigenvalue weighted by molar-refractivity contribution is 5.67. The SMILES string of the molecule is CCCCCCCCC/C=C(\OC(C)=O)C(F)(F)F. The summed E-state index contributed by atoms with van der Waals surface area (Å²) in [5.74, 6) is -2.13. The topological polar surface area (TPSA) is 26.3 Å². The van der Waals surface area contributed by atoms with Gasteiger partial charge in [0, 0.05) is 6.92 Å². The van der Waals surface area contributed by atoms with Gasteiger partial charge in [0.1, 0.15) is 0 Å². The molecule has 0 bridgehead atoms. The van der Waals surface area contributed by atoms with Gasteiger partial charge in [0.05, 0.1) is 0 Å². The fourth-order valence-electron chi connectivity index (χ4n) is 1.70. The van der Waals surface area contributed by atoms with Crippen molar-refractivity contribution >= 4 is 5.97 Å². The fraction of sp³-hybridized carbons (Fsp3) is 0.786. The van der Waals surface area contributed by atoms with E-state index in [2.05, 4.69) is 11.7 Å².